The summed E-state index contributed by atoms with van der Waals surface area (Å²) in [5.74, 6) is 0.344. The number of sulfone groups is 1. The van der Waals surface area contributed by atoms with Crippen molar-refractivity contribution >= 4 is 15.6 Å². The fourth-order valence-corrected chi connectivity index (χ4v) is 4.00. The van der Waals surface area contributed by atoms with E-state index in [2.05, 4.69) is 0 Å². The fourth-order valence-electron chi connectivity index (χ4n) is 2.26. The zero-order valence-electron chi connectivity index (χ0n) is 10.5. The first-order valence-electron chi connectivity index (χ1n) is 5.82. The van der Waals surface area contributed by atoms with Crippen molar-refractivity contribution in [2.75, 3.05) is 18.6 Å². The first-order valence-corrected chi connectivity index (χ1v) is 7.64. The molecular formula is C13H16O4S. The van der Waals surface area contributed by atoms with Crippen LogP contribution < -0.4 is 4.74 Å². The molecule has 0 aliphatic carbocycles. The van der Waals surface area contributed by atoms with Crippen LogP contribution in [0.3, 0.4) is 0 Å². The van der Waals surface area contributed by atoms with Crippen LogP contribution in [0.5, 0.6) is 5.75 Å². The molecule has 1 saturated heterocycles. The Labute approximate surface area is 107 Å². The molecule has 0 bridgehead atoms. The van der Waals surface area contributed by atoms with Crippen LogP contribution in [0.4, 0.5) is 0 Å². The van der Waals surface area contributed by atoms with Crippen molar-refractivity contribution < 1.29 is 17.9 Å². The van der Waals surface area contributed by atoms with Crippen molar-refractivity contribution in [2.24, 2.45) is 5.92 Å². The van der Waals surface area contributed by atoms with Gasteiger partial charge < -0.3 is 4.74 Å². The topological polar surface area (TPSA) is 60.4 Å². The molecule has 1 heterocycles. The molecule has 0 amide bonds. The minimum absolute atomic E-state index is 0.0166. The Balaban J connectivity index is 2.25. The summed E-state index contributed by atoms with van der Waals surface area (Å²) in [5.41, 5.74) is 1.42. The van der Waals surface area contributed by atoms with Gasteiger partial charge in [-0.2, -0.15) is 0 Å². The molecule has 0 saturated carbocycles. The molecule has 0 radical (unpaired) electrons. The average molecular weight is 268 g/mol. The molecular weight excluding hydrogens is 252 g/mol. The van der Waals surface area contributed by atoms with Crippen LogP contribution in [-0.2, 0) is 9.84 Å². The van der Waals surface area contributed by atoms with Crippen molar-refractivity contribution in [3.63, 3.8) is 0 Å². The Kier molecular flexibility index (Phi) is 3.43. The van der Waals surface area contributed by atoms with Gasteiger partial charge in [-0.15, -0.1) is 0 Å². The molecule has 1 aromatic rings. The predicted molar refractivity (Wildman–Crippen MR) is 68.8 cm³/mol. The Morgan fingerprint density at radius 3 is 2.61 bits per heavy atom. The van der Waals surface area contributed by atoms with Gasteiger partial charge in [-0.05, 0) is 37.1 Å². The van der Waals surface area contributed by atoms with Crippen molar-refractivity contribution in [1.29, 1.82) is 0 Å². The molecule has 1 atom stereocenters. The van der Waals surface area contributed by atoms with Gasteiger partial charge in [0.25, 0.3) is 0 Å². The summed E-state index contributed by atoms with van der Waals surface area (Å²) >= 11 is 0. The number of methoxy groups -OCH3 is 1. The van der Waals surface area contributed by atoms with Crippen LogP contribution in [-0.4, -0.2) is 32.8 Å². The quantitative estimate of drug-likeness (QED) is 0.782. The van der Waals surface area contributed by atoms with Gasteiger partial charge in [0.1, 0.15) is 5.75 Å². The zero-order valence-corrected chi connectivity index (χ0v) is 11.3. The molecule has 98 valence electrons. The van der Waals surface area contributed by atoms with Crippen LogP contribution in [0.1, 0.15) is 22.3 Å². The number of carbonyl (C=O) groups excluding carboxylic acids is 1. The molecule has 1 aliphatic rings. The summed E-state index contributed by atoms with van der Waals surface area (Å²) in [7, 11) is -1.45. The maximum atomic E-state index is 12.2. The van der Waals surface area contributed by atoms with E-state index in [1.807, 2.05) is 6.92 Å². The number of hydrogen-bond donors (Lipinski definition) is 0. The second-order valence-electron chi connectivity index (χ2n) is 4.65. The molecule has 1 aromatic carbocycles. The van der Waals surface area contributed by atoms with Gasteiger partial charge in [0.05, 0.1) is 18.6 Å². The van der Waals surface area contributed by atoms with Crippen LogP contribution >= 0.6 is 0 Å². The third kappa shape index (κ3) is 2.56. The highest BCUT2D eigenvalue weighted by Gasteiger charge is 2.33. The van der Waals surface area contributed by atoms with E-state index in [0.717, 1.165) is 5.56 Å². The normalized spacial score (nSPS) is 21.8. The van der Waals surface area contributed by atoms with Gasteiger partial charge in [0, 0.05) is 11.5 Å². The maximum Gasteiger partial charge on any atom is 0.167 e. The number of Topliss-reactive ketones (excluding diaryl/α,β-unsaturated/α-hetero) is 1. The highest BCUT2D eigenvalue weighted by Crippen LogP contribution is 2.25. The standard InChI is InChI=1S/C13H16O4S/c1-9-7-11(17-2)3-4-12(9)13(14)10-5-6-18(15,16)8-10/h3-4,7,10H,5-6,8H2,1-2H3. The molecule has 18 heavy (non-hydrogen) atoms. The van der Waals surface area contributed by atoms with Gasteiger partial charge in [-0.25, -0.2) is 8.42 Å². The summed E-state index contributed by atoms with van der Waals surface area (Å²) in [4.78, 5) is 12.2. The SMILES string of the molecule is COc1ccc(C(=O)C2CCS(=O)(=O)C2)c(C)c1. The van der Waals surface area contributed by atoms with Gasteiger partial charge in [-0.3, -0.25) is 4.79 Å². The van der Waals surface area contributed by atoms with Gasteiger partial charge in [0.15, 0.2) is 15.6 Å². The number of ether oxygens (including phenoxy) is 1. The van der Waals surface area contributed by atoms with Crippen molar-refractivity contribution in [2.45, 2.75) is 13.3 Å². The van der Waals surface area contributed by atoms with E-state index >= 15 is 0 Å². The minimum atomic E-state index is -3.02. The second-order valence-corrected chi connectivity index (χ2v) is 6.87. The zero-order chi connectivity index (χ0) is 13.3. The lowest BCUT2D eigenvalue weighted by Crippen LogP contribution is -2.17. The van der Waals surface area contributed by atoms with Crippen LogP contribution in [0.25, 0.3) is 0 Å². The lowest BCUT2D eigenvalue weighted by atomic mass is 9.94. The van der Waals surface area contributed by atoms with E-state index in [1.54, 1.807) is 25.3 Å². The van der Waals surface area contributed by atoms with E-state index in [9.17, 15) is 13.2 Å². The molecule has 2 rings (SSSR count). The number of ketones is 1. The summed E-state index contributed by atoms with van der Waals surface area (Å²) in [5, 5.41) is 0. The number of rotatable bonds is 3. The predicted octanol–water partition coefficient (Wildman–Crippen LogP) is 1.62. The van der Waals surface area contributed by atoms with Gasteiger partial charge in [0.2, 0.25) is 0 Å². The molecule has 5 heteroatoms. The Morgan fingerprint density at radius 1 is 1.39 bits per heavy atom. The summed E-state index contributed by atoms with van der Waals surface area (Å²) < 4.78 is 27.9. The molecule has 0 spiro atoms. The third-order valence-corrected chi connectivity index (χ3v) is 5.07. The van der Waals surface area contributed by atoms with Gasteiger partial charge >= 0.3 is 0 Å². The molecule has 4 nitrogen and oxygen atoms in total. The number of carbonyl (C=O) groups is 1. The largest absolute Gasteiger partial charge is 0.497 e. The Morgan fingerprint density at radius 2 is 2.11 bits per heavy atom. The van der Waals surface area contributed by atoms with Crippen molar-refractivity contribution in [1.82, 2.24) is 0 Å². The molecule has 1 unspecified atom stereocenters. The minimum Gasteiger partial charge on any atom is -0.497 e. The summed E-state index contributed by atoms with van der Waals surface area (Å²) in [6, 6.07) is 5.22. The first kappa shape index (κ1) is 13.1. The molecule has 1 aliphatic heterocycles. The fraction of sp³-hybridized carbons (Fsp3) is 0.462. The second kappa shape index (κ2) is 4.72. The monoisotopic (exact) mass is 268 g/mol. The lowest BCUT2D eigenvalue weighted by Gasteiger charge is -2.10. The maximum absolute atomic E-state index is 12.2. The van der Waals surface area contributed by atoms with Crippen molar-refractivity contribution in [3.8, 4) is 5.75 Å². The number of hydrogen-bond acceptors (Lipinski definition) is 4. The highest BCUT2D eigenvalue weighted by atomic mass is 32.2. The van der Waals surface area contributed by atoms with Crippen LogP contribution in [0.15, 0.2) is 18.2 Å². The van der Waals surface area contributed by atoms with Crippen LogP contribution in [0, 0.1) is 12.8 Å². The van der Waals surface area contributed by atoms with Crippen LogP contribution in [0.2, 0.25) is 0 Å². The van der Waals surface area contributed by atoms with E-state index < -0.39 is 9.84 Å². The first-order chi connectivity index (χ1) is 8.43. The van der Waals surface area contributed by atoms with E-state index in [1.165, 1.54) is 0 Å². The number of aryl methyl sites for hydroxylation is 1. The van der Waals surface area contributed by atoms with Gasteiger partial charge in [-0.1, -0.05) is 0 Å². The molecule has 0 N–H and O–H groups in total. The Bertz CT molecular complexity index is 575. The van der Waals surface area contributed by atoms with Crippen molar-refractivity contribution in [3.05, 3.63) is 29.3 Å². The highest BCUT2D eigenvalue weighted by molar-refractivity contribution is 7.91. The molecule has 1 fully saturated rings. The molecule has 0 aromatic heterocycles. The average Bonchev–Trinajstić information content (AvgIpc) is 2.68. The summed E-state index contributed by atoms with van der Waals surface area (Å²) in [6.07, 6.45) is 0.437. The number of benzene rings is 1. The summed E-state index contributed by atoms with van der Waals surface area (Å²) in [6.45, 7) is 1.83. The van der Waals surface area contributed by atoms with E-state index in [-0.39, 0.29) is 23.2 Å². The Hall–Kier alpha value is -1.36. The lowest BCUT2D eigenvalue weighted by molar-refractivity contribution is 0.0932. The van der Waals surface area contributed by atoms with E-state index in [4.69, 9.17) is 4.74 Å². The smallest absolute Gasteiger partial charge is 0.167 e. The van der Waals surface area contributed by atoms with E-state index in [0.29, 0.717) is 17.7 Å². The third-order valence-electron chi connectivity index (χ3n) is 3.30.